The van der Waals surface area contributed by atoms with Gasteiger partial charge in [0.15, 0.2) is 9.84 Å². The van der Waals surface area contributed by atoms with Crippen molar-refractivity contribution in [3.8, 4) is 0 Å². The number of amidine groups is 1. The van der Waals surface area contributed by atoms with Gasteiger partial charge >= 0.3 is 6.09 Å². The monoisotopic (exact) mass is 555 g/mol. The highest BCUT2D eigenvalue weighted by Gasteiger charge is 2.25. The minimum atomic E-state index is -3.90. The van der Waals surface area contributed by atoms with E-state index in [0.29, 0.717) is 19.3 Å². The normalized spacial score (nSPS) is 18.2. The van der Waals surface area contributed by atoms with Crippen molar-refractivity contribution in [1.82, 2.24) is 10.6 Å². The number of amides is 2. The lowest BCUT2D eigenvalue weighted by molar-refractivity contribution is 0.0975. The molecule has 2 aromatic carbocycles. The third-order valence-electron chi connectivity index (χ3n) is 5.89. The third kappa shape index (κ3) is 8.50. The topological polar surface area (TPSA) is 114 Å². The van der Waals surface area contributed by atoms with Crippen LogP contribution in [0.25, 0.3) is 0 Å². The molecule has 0 aliphatic heterocycles. The Morgan fingerprint density at radius 3 is 2.43 bits per heavy atom. The number of halogens is 3. The Morgan fingerprint density at radius 1 is 1.11 bits per heavy atom. The van der Waals surface area contributed by atoms with Crippen LogP contribution in [0.3, 0.4) is 0 Å². The van der Waals surface area contributed by atoms with E-state index < -0.39 is 38.4 Å². The molecule has 37 heavy (non-hydrogen) atoms. The van der Waals surface area contributed by atoms with Crippen LogP contribution in [0.4, 0.5) is 19.3 Å². The summed E-state index contributed by atoms with van der Waals surface area (Å²) in [5.41, 5.74) is 0.114. The third-order valence-corrected chi connectivity index (χ3v) is 7.22. The van der Waals surface area contributed by atoms with Gasteiger partial charge in [-0.15, -0.1) is 0 Å². The molecular weight excluding hydrogens is 528 g/mol. The quantitative estimate of drug-likeness (QED) is 0.361. The summed E-state index contributed by atoms with van der Waals surface area (Å²) >= 11 is 5.95. The number of carbonyl (C=O) groups is 2. The highest BCUT2D eigenvalue weighted by atomic mass is 35.5. The van der Waals surface area contributed by atoms with E-state index in [9.17, 15) is 26.8 Å². The molecule has 1 aliphatic carbocycles. The SMILES string of the molecule is CCOC(=O)NC1CCC(CC(=Nc2cc(F)cc(Cl)c2)NC(=O)c2ccc(F)c(S(C)(=O)=O)c2)CC1. The number of alkyl carbamates (subject to hydrolysis) is 1. The largest absolute Gasteiger partial charge is 0.450 e. The van der Waals surface area contributed by atoms with E-state index in [4.69, 9.17) is 16.3 Å². The van der Waals surface area contributed by atoms with Crippen LogP contribution >= 0.6 is 11.6 Å². The smallest absolute Gasteiger partial charge is 0.407 e. The Bertz CT molecular complexity index is 1270. The molecule has 0 bridgehead atoms. The average molecular weight is 556 g/mol. The number of sulfone groups is 1. The first kappa shape index (κ1) is 28.5. The fraction of sp³-hybridized carbons (Fsp3) is 0.400. The molecule has 12 heteroatoms. The molecule has 0 aromatic heterocycles. The number of ether oxygens (including phenoxy) is 1. The van der Waals surface area contributed by atoms with Gasteiger partial charge in [0, 0.05) is 29.3 Å². The molecule has 1 saturated carbocycles. The molecule has 3 rings (SSSR count). The minimum absolute atomic E-state index is 0.0269. The van der Waals surface area contributed by atoms with Gasteiger partial charge in [0.05, 0.1) is 12.3 Å². The molecular formula is C25H28ClF2N3O5S. The van der Waals surface area contributed by atoms with Crippen LogP contribution in [0.5, 0.6) is 0 Å². The van der Waals surface area contributed by atoms with Crippen LogP contribution < -0.4 is 10.6 Å². The van der Waals surface area contributed by atoms with Gasteiger partial charge < -0.3 is 15.4 Å². The maximum Gasteiger partial charge on any atom is 0.407 e. The van der Waals surface area contributed by atoms with Crippen molar-refractivity contribution in [2.75, 3.05) is 12.9 Å². The summed E-state index contributed by atoms with van der Waals surface area (Å²) in [6, 6.07) is 6.74. The second-order valence-corrected chi connectivity index (χ2v) is 11.3. The van der Waals surface area contributed by atoms with Gasteiger partial charge in [-0.25, -0.2) is 27.0 Å². The molecule has 2 aromatic rings. The Kier molecular flexibility index (Phi) is 9.61. The molecule has 0 spiro atoms. The van der Waals surface area contributed by atoms with Crippen molar-refractivity contribution in [3.05, 3.63) is 58.6 Å². The first-order valence-corrected chi connectivity index (χ1v) is 14.0. The lowest BCUT2D eigenvalue weighted by Gasteiger charge is -2.29. The first-order valence-electron chi connectivity index (χ1n) is 11.7. The Labute approximate surface area is 219 Å². The van der Waals surface area contributed by atoms with Crippen molar-refractivity contribution in [3.63, 3.8) is 0 Å². The summed E-state index contributed by atoms with van der Waals surface area (Å²) in [6.45, 7) is 2.01. The molecule has 200 valence electrons. The van der Waals surface area contributed by atoms with Crippen LogP contribution in [0.2, 0.25) is 5.02 Å². The predicted octanol–water partition coefficient (Wildman–Crippen LogP) is 5.18. The summed E-state index contributed by atoms with van der Waals surface area (Å²) in [4.78, 5) is 28.5. The molecule has 0 radical (unpaired) electrons. The number of nitrogens with one attached hydrogen (secondary N) is 2. The molecule has 1 aliphatic rings. The van der Waals surface area contributed by atoms with Gasteiger partial charge in [-0.05, 0) is 74.9 Å². The highest BCUT2D eigenvalue weighted by molar-refractivity contribution is 7.90. The Morgan fingerprint density at radius 2 is 1.81 bits per heavy atom. The van der Waals surface area contributed by atoms with Crippen LogP contribution in [-0.4, -0.2) is 45.2 Å². The maximum atomic E-state index is 14.0. The second-order valence-electron chi connectivity index (χ2n) is 8.84. The number of benzene rings is 2. The average Bonchev–Trinajstić information content (AvgIpc) is 2.79. The van der Waals surface area contributed by atoms with E-state index in [1.807, 2.05) is 0 Å². The Hall–Kier alpha value is -3.05. The van der Waals surface area contributed by atoms with E-state index >= 15 is 0 Å². The lowest BCUT2D eigenvalue weighted by Crippen LogP contribution is -2.39. The number of nitrogens with zero attached hydrogens (tertiary/aromatic N) is 1. The van der Waals surface area contributed by atoms with Crippen molar-refractivity contribution in [1.29, 1.82) is 0 Å². The van der Waals surface area contributed by atoms with E-state index in [-0.39, 0.29) is 40.7 Å². The highest BCUT2D eigenvalue weighted by Crippen LogP contribution is 2.28. The summed E-state index contributed by atoms with van der Waals surface area (Å²) in [5.74, 6) is -1.93. The van der Waals surface area contributed by atoms with Crippen LogP contribution in [0, 0.1) is 17.6 Å². The van der Waals surface area contributed by atoms with Gasteiger partial charge in [-0.3, -0.25) is 4.79 Å². The van der Waals surface area contributed by atoms with Crippen molar-refractivity contribution in [2.24, 2.45) is 10.9 Å². The molecule has 2 amide bonds. The predicted molar refractivity (Wildman–Crippen MR) is 136 cm³/mol. The number of carbonyl (C=O) groups excluding carboxylic acids is 2. The molecule has 0 saturated heterocycles. The van der Waals surface area contributed by atoms with E-state index in [0.717, 1.165) is 43.4 Å². The van der Waals surface area contributed by atoms with Crippen molar-refractivity contribution < 1.29 is 31.5 Å². The lowest BCUT2D eigenvalue weighted by atomic mass is 9.84. The summed E-state index contributed by atoms with van der Waals surface area (Å²) < 4.78 is 56.5. The van der Waals surface area contributed by atoms with Crippen LogP contribution in [0.1, 0.15) is 49.4 Å². The summed E-state index contributed by atoms with van der Waals surface area (Å²) in [6.07, 6.45) is 3.57. The molecule has 0 unspecified atom stereocenters. The number of hydrogen-bond donors (Lipinski definition) is 2. The second kappa shape index (κ2) is 12.5. The molecule has 2 N–H and O–H groups in total. The molecule has 0 heterocycles. The van der Waals surface area contributed by atoms with E-state index in [1.54, 1.807) is 6.92 Å². The summed E-state index contributed by atoms with van der Waals surface area (Å²) in [5, 5.41) is 5.62. The summed E-state index contributed by atoms with van der Waals surface area (Å²) in [7, 11) is -3.90. The van der Waals surface area contributed by atoms with Crippen molar-refractivity contribution in [2.45, 2.75) is 50.0 Å². The zero-order valence-electron chi connectivity index (χ0n) is 20.4. The van der Waals surface area contributed by atoms with Crippen LogP contribution in [0.15, 0.2) is 46.3 Å². The fourth-order valence-electron chi connectivity index (χ4n) is 4.14. The van der Waals surface area contributed by atoms with Gasteiger partial charge in [-0.2, -0.15) is 0 Å². The van der Waals surface area contributed by atoms with Gasteiger partial charge in [0.2, 0.25) is 0 Å². The zero-order chi connectivity index (χ0) is 27.2. The van der Waals surface area contributed by atoms with Crippen LogP contribution in [-0.2, 0) is 14.6 Å². The minimum Gasteiger partial charge on any atom is -0.450 e. The molecule has 0 atom stereocenters. The standard InChI is InChI=1S/C25H28ClF2N3O5S/c1-3-36-25(33)30-19-7-4-15(5-8-19)10-23(29-20-13-17(26)12-18(27)14-20)31-24(32)16-6-9-21(28)22(11-16)37(2,34)35/h6,9,11-15,19H,3-5,7-8,10H2,1-2H3,(H,30,33)(H,29,31,32). The molecule has 1 fully saturated rings. The maximum absolute atomic E-state index is 14.0. The first-order chi connectivity index (χ1) is 17.4. The fourth-order valence-corrected chi connectivity index (χ4v) is 5.12. The zero-order valence-corrected chi connectivity index (χ0v) is 22.0. The van der Waals surface area contributed by atoms with Gasteiger partial charge in [-0.1, -0.05) is 11.6 Å². The van der Waals surface area contributed by atoms with E-state index in [2.05, 4.69) is 15.6 Å². The van der Waals surface area contributed by atoms with Crippen molar-refractivity contribution >= 4 is 45.0 Å². The molecule has 8 nitrogen and oxygen atoms in total. The number of aliphatic imine (C=N–C) groups is 1. The number of hydrogen-bond acceptors (Lipinski definition) is 6. The Balaban J connectivity index is 1.79. The van der Waals surface area contributed by atoms with Gasteiger partial charge in [0.25, 0.3) is 5.91 Å². The van der Waals surface area contributed by atoms with E-state index in [1.165, 1.54) is 12.1 Å². The van der Waals surface area contributed by atoms with Gasteiger partial charge in [0.1, 0.15) is 22.4 Å². The number of rotatable bonds is 7.